The van der Waals surface area contributed by atoms with Crippen LogP contribution in [0.2, 0.25) is 0 Å². The monoisotopic (exact) mass is 267 g/mol. The molecule has 19 heavy (non-hydrogen) atoms. The third-order valence-corrected chi connectivity index (χ3v) is 2.59. The zero-order valence-electron chi connectivity index (χ0n) is 11.5. The van der Waals surface area contributed by atoms with Gasteiger partial charge in [0.1, 0.15) is 5.76 Å². The molecule has 6 heteroatoms. The van der Waals surface area contributed by atoms with Crippen LogP contribution in [0.25, 0.3) is 0 Å². The summed E-state index contributed by atoms with van der Waals surface area (Å²) in [5.41, 5.74) is 0. The first-order valence-corrected chi connectivity index (χ1v) is 6.40. The molecule has 0 saturated heterocycles. The van der Waals surface area contributed by atoms with E-state index in [4.69, 9.17) is 4.42 Å². The normalized spacial score (nSPS) is 13.6. The summed E-state index contributed by atoms with van der Waals surface area (Å²) in [6.45, 7) is 5.94. The van der Waals surface area contributed by atoms with Crippen LogP contribution in [0.1, 0.15) is 26.5 Å². The van der Waals surface area contributed by atoms with Crippen molar-refractivity contribution in [2.45, 2.75) is 39.3 Å². The van der Waals surface area contributed by atoms with Crippen LogP contribution in [0.3, 0.4) is 0 Å². The van der Waals surface area contributed by atoms with Crippen molar-refractivity contribution >= 4 is 11.9 Å². The third kappa shape index (κ3) is 5.56. The number of urea groups is 1. The predicted octanol–water partition coefficient (Wildman–Crippen LogP) is 1.03. The summed E-state index contributed by atoms with van der Waals surface area (Å²) >= 11 is 0. The summed E-state index contributed by atoms with van der Waals surface area (Å²) in [5, 5.41) is 7.89. The van der Waals surface area contributed by atoms with Gasteiger partial charge in [0.05, 0.1) is 12.3 Å². The second-order valence-corrected chi connectivity index (χ2v) is 4.42. The van der Waals surface area contributed by atoms with Gasteiger partial charge in [-0.1, -0.05) is 0 Å². The number of imide groups is 1. The van der Waals surface area contributed by atoms with Crippen molar-refractivity contribution in [2.24, 2.45) is 0 Å². The Hall–Kier alpha value is -1.82. The number of amides is 3. The van der Waals surface area contributed by atoms with E-state index in [0.717, 1.165) is 5.76 Å². The van der Waals surface area contributed by atoms with Crippen LogP contribution in [-0.4, -0.2) is 30.6 Å². The average molecular weight is 267 g/mol. The second-order valence-electron chi connectivity index (χ2n) is 4.42. The van der Waals surface area contributed by atoms with Crippen molar-refractivity contribution in [3.8, 4) is 0 Å². The maximum atomic E-state index is 11.7. The molecule has 0 aliphatic heterocycles. The Morgan fingerprint density at radius 1 is 1.37 bits per heavy atom. The summed E-state index contributed by atoms with van der Waals surface area (Å²) in [6.07, 6.45) is 2.30. The molecule has 2 unspecified atom stereocenters. The van der Waals surface area contributed by atoms with Crippen molar-refractivity contribution in [3.63, 3.8) is 0 Å². The summed E-state index contributed by atoms with van der Waals surface area (Å²) < 4.78 is 5.24. The lowest BCUT2D eigenvalue weighted by atomic mass is 10.1. The lowest BCUT2D eigenvalue weighted by Crippen LogP contribution is -2.50. The molecule has 0 aliphatic carbocycles. The molecule has 1 heterocycles. The van der Waals surface area contributed by atoms with E-state index in [1.54, 1.807) is 20.1 Å². The Labute approximate surface area is 112 Å². The molecule has 1 aromatic heterocycles. The second kappa shape index (κ2) is 7.58. The van der Waals surface area contributed by atoms with Gasteiger partial charge in [-0.2, -0.15) is 0 Å². The molecular formula is C13H21N3O3. The SMILES string of the molecule is CCNC(=O)NC(=O)C(C)NC(C)Cc1ccco1. The molecule has 106 valence electrons. The maximum absolute atomic E-state index is 11.7. The highest BCUT2D eigenvalue weighted by molar-refractivity contribution is 5.96. The first kappa shape index (κ1) is 15.2. The number of nitrogens with one attached hydrogen (secondary N) is 3. The van der Waals surface area contributed by atoms with Gasteiger partial charge in [0.15, 0.2) is 0 Å². The smallest absolute Gasteiger partial charge is 0.321 e. The molecule has 2 atom stereocenters. The van der Waals surface area contributed by atoms with Crippen LogP contribution in [-0.2, 0) is 11.2 Å². The molecule has 0 aromatic carbocycles. The Kier molecular flexibility index (Phi) is 6.08. The summed E-state index contributed by atoms with van der Waals surface area (Å²) in [5.74, 6) is 0.508. The van der Waals surface area contributed by atoms with Gasteiger partial charge < -0.3 is 15.1 Å². The zero-order valence-corrected chi connectivity index (χ0v) is 11.5. The average Bonchev–Trinajstić information content (AvgIpc) is 2.81. The molecule has 0 bridgehead atoms. The minimum atomic E-state index is -0.472. The third-order valence-electron chi connectivity index (χ3n) is 2.59. The van der Waals surface area contributed by atoms with Gasteiger partial charge in [0, 0.05) is 19.0 Å². The van der Waals surface area contributed by atoms with Gasteiger partial charge in [-0.25, -0.2) is 4.79 Å². The fourth-order valence-electron chi connectivity index (χ4n) is 1.72. The van der Waals surface area contributed by atoms with E-state index in [0.29, 0.717) is 13.0 Å². The number of hydrogen-bond donors (Lipinski definition) is 3. The minimum Gasteiger partial charge on any atom is -0.469 e. The summed E-state index contributed by atoms with van der Waals surface area (Å²) in [4.78, 5) is 22.9. The van der Waals surface area contributed by atoms with Crippen molar-refractivity contribution in [1.82, 2.24) is 16.0 Å². The topological polar surface area (TPSA) is 83.4 Å². The van der Waals surface area contributed by atoms with Crippen LogP contribution < -0.4 is 16.0 Å². The van der Waals surface area contributed by atoms with E-state index in [1.165, 1.54) is 0 Å². The Balaban J connectivity index is 2.34. The first-order chi connectivity index (χ1) is 9.02. The van der Waals surface area contributed by atoms with Gasteiger partial charge in [-0.05, 0) is 32.9 Å². The van der Waals surface area contributed by atoms with Crippen LogP contribution in [0, 0.1) is 0 Å². The fraction of sp³-hybridized carbons (Fsp3) is 0.538. The maximum Gasteiger partial charge on any atom is 0.321 e. The van der Waals surface area contributed by atoms with Crippen LogP contribution >= 0.6 is 0 Å². The fourth-order valence-corrected chi connectivity index (χ4v) is 1.72. The molecule has 0 aliphatic rings. The largest absolute Gasteiger partial charge is 0.469 e. The molecule has 1 aromatic rings. The molecule has 3 N–H and O–H groups in total. The van der Waals surface area contributed by atoms with Crippen molar-refractivity contribution < 1.29 is 14.0 Å². The van der Waals surface area contributed by atoms with E-state index >= 15 is 0 Å². The van der Waals surface area contributed by atoms with Gasteiger partial charge in [-0.3, -0.25) is 10.1 Å². The highest BCUT2D eigenvalue weighted by Crippen LogP contribution is 2.04. The molecular weight excluding hydrogens is 246 g/mol. The highest BCUT2D eigenvalue weighted by Gasteiger charge is 2.17. The summed E-state index contributed by atoms with van der Waals surface area (Å²) in [6, 6.07) is 2.86. The molecule has 0 fully saturated rings. The van der Waals surface area contributed by atoms with Crippen LogP contribution in [0.15, 0.2) is 22.8 Å². The van der Waals surface area contributed by atoms with Crippen molar-refractivity contribution in [2.75, 3.05) is 6.54 Å². The number of furan rings is 1. The van der Waals surface area contributed by atoms with Crippen molar-refractivity contribution in [1.29, 1.82) is 0 Å². The van der Waals surface area contributed by atoms with E-state index in [-0.39, 0.29) is 11.9 Å². The van der Waals surface area contributed by atoms with Crippen molar-refractivity contribution in [3.05, 3.63) is 24.2 Å². The van der Waals surface area contributed by atoms with Gasteiger partial charge >= 0.3 is 6.03 Å². The molecule has 0 radical (unpaired) electrons. The number of carbonyl (C=O) groups excluding carboxylic acids is 2. The highest BCUT2D eigenvalue weighted by atomic mass is 16.3. The van der Waals surface area contributed by atoms with E-state index in [1.807, 2.05) is 19.1 Å². The molecule has 0 saturated carbocycles. The zero-order chi connectivity index (χ0) is 14.3. The quantitative estimate of drug-likeness (QED) is 0.719. The first-order valence-electron chi connectivity index (χ1n) is 6.40. The standard InChI is InChI=1S/C13H21N3O3/c1-4-14-13(18)16-12(17)10(3)15-9(2)8-11-6-5-7-19-11/h5-7,9-10,15H,4,8H2,1-3H3,(H2,14,16,17,18). The summed E-state index contributed by atoms with van der Waals surface area (Å²) in [7, 11) is 0. The molecule has 3 amide bonds. The Morgan fingerprint density at radius 3 is 2.68 bits per heavy atom. The van der Waals surface area contributed by atoms with E-state index in [9.17, 15) is 9.59 Å². The molecule has 0 spiro atoms. The Morgan fingerprint density at radius 2 is 2.11 bits per heavy atom. The number of carbonyl (C=O) groups is 2. The van der Waals surface area contributed by atoms with Gasteiger partial charge in [-0.15, -0.1) is 0 Å². The van der Waals surface area contributed by atoms with Gasteiger partial charge in [0.25, 0.3) is 0 Å². The minimum absolute atomic E-state index is 0.0705. The molecule has 6 nitrogen and oxygen atoms in total. The van der Waals surface area contributed by atoms with Gasteiger partial charge in [0.2, 0.25) is 5.91 Å². The van der Waals surface area contributed by atoms with E-state index < -0.39 is 12.1 Å². The van der Waals surface area contributed by atoms with Crippen LogP contribution in [0.4, 0.5) is 4.79 Å². The van der Waals surface area contributed by atoms with E-state index in [2.05, 4.69) is 16.0 Å². The predicted molar refractivity (Wildman–Crippen MR) is 71.7 cm³/mol. The number of rotatable bonds is 6. The lowest BCUT2D eigenvalue weighted by Gasteiger charge is -2.18. The lowest BCUT2D eigenvalue weighted by molar-refractivity contribution is -0.121. The molecule has 1 rings (SSSR count). The van der Waals surface area contributed by atoms with Crippen LogP contribution in [0.5, 0.6) is 0 Å². The number of hydrogen-bond acceptors (Lipinski definition) is 4. The Bertz CT molecular complexity index is 403.